The van der Waals surface area contributed by atoms with Crippen molar-refractivity contribution >= 4 is 11.9 Å². The van der Waals surface area contributed by atoms with Gasteiger partial charge in [-0.05, 0) is 20.3 Å². The fourth-order valence-electron chi connectivity index (χ4n) is 1.61. The van der Waals surface area contributed by atoms with E-state index in [2.05, 4.69) is 14.0 Å². The van der Waals surface area contributed by atoms with Gasteiger partial charge in [0, 0.05) is 13.6 Å². The SMILES string of the molecule is [CH2]N1C(=O)N(CCCC)C(C)(C)C1=O. The lowest BCUT2D eigenvalue weighted by atomic mass is 10.0. The van der Waals surface area contributed by atoms with Crippen molar-refractivity contribution in [2.45, 2.75) is 39.2 Å². The Morgan fingerprint density at radius 2 is 1.93 bits per heavy atom. The predicted molar refractivity (Wildman–Crippen MR) is 53.3 cm³/mol. The first kappa shape index (κ1) is 11.0. The van der Waals surface area contributed by atoms with Gasteiger partial charge < -0.3 is 4.90 Å². The third-order valence-corrected chi connectivity index (χ3v) is 2.64. The first-order chi connectivity index (χ1) is 6.42. The summed E-state index contributed by atoms with van der Waals surface area (Å²) < 4.78 is 0. The summed E-state index contributed by atoms with van der Waals surface area (Å²) in [4.78, 5) is 25.8. The van der Waals surface area contributed by atoms with Gasteiger partial charge in [-0.3, -0.25) is 9.69 Å². The number of rotatable bonds is 3. The molecule has 4 nitrogen and oxygen atoms in total. The molecule has 1 fully saturated rings. The first-order valence-corrected chi connectivity index (χ1v) is 4.89. The molecule has 3 amide bonds. The lowest BCUT2D eigenvalue weighted by Crippen LogP contribution is -2.44. The molecular formula is C10H17N2O2. The van der Waals surface area contributed by atoms with E-state index in [-0.39, 0.29) is 11.9 Å². The van der Waals surface area contributed by atoms with Gasteiger partial charge in [0.25, 0.3) is 5.91 Å². The second-order valence-corrected chi connectivity index (χ2v) is 4.08. The highest BCUT2D eigenvalue weighted by atomic mass is 16.2. The molecule has 0 aromatic carbocycles. The van der Waals surface area contributed by atoms with Crippen molar-refractivity contribution in [3.8, 4) is 0 Å². The zero-order chi connectivity index (χ0) is 10.9. The van der Waals surface area contributed by atoms with E-state index in [1.54, 1.807) is 18.7 Å². The van der Waals surface area contributed by atoms with Gasteiger partial charge in [0.1, 0.15) is 5.54 Å². The number of urea groups is 1. The van der Waals surface area contributed by atoms with Crippen LogP contribution in [0.5, 0.6) is 0 Å². The van der Waals surface area contributed by atoms with Gasteiger partial charge >= 0.3 is 6.03 Å². The number of unbranched alkanes of at least 4 members (excludes halogenated alkanes) is 1. The predicted octanol–water partition coefficient (Wildman–Crippen LogP) is 1.62. The van der Waals surface area contributed by atoms with Crippen LogP contribution in [-0.2, 0) is 4.79 Å². The molecule has 0 saturated carbocycles. The summed E-state index contributed by atoms with van der Waals surface area (Å²) >= 11 is 0. The Morgan fingerprint density at radius 3 is 2.29 bits per heavy atom. The van der Waals surface area contributed by atoms with Crippen molar-refractivity contribution < 1.29 is 9.59 Å². The average Bonchev–Trinajstić information content (AvgIpc) is 2.27. The molecule has 4 heteroatoms. The fraction of sp³-hybridized carbons (Fsp3) is 0.700. The van der Waals surface area contributed by atoms with Crippen molar-refractivity contribution in [3.05, 3.63) is 7.05 Å². The topological polar surface area (TPSA) is 40.6 Å². The van der Waals surface area contributed by atoms with E-state index in [0.29, 0.717) is 6.54 Å². The lowest BCUT2D eigenvalue weighted by Gasteiger charge is -2.27. The molecule has 1 aliphatic heterocycles. The van der Waals surface area contributed by atoms with Crippen LogP contribution in [0.4, 0.5) is 4.79 Å². The van der Waals surface area contributed by atoms with Crippen molar-refractivity contribution in [2.75, 3.05) is 6.54 Å². The van der Waals surface area contributed by atoms with Gasteiger partial charge in [-0.25, -0.2) is 4.79 Å². The molecule has 0 aromatic heterocycles. The van der Waals surface area contributed by atoms with Crippen LogP contribution < -0.4 is 0 Å². The number of hydrogen-bond acceptors (Lipinski definition) is 2. The summed E-state index contributed by atoms with van der Waals surface area (Å²) in [5.41, 5.74) is -0.728. The monoisotopic (exact) mass is 197 g/mol. The third-order valence-electron chi connectivity index (χ3n) is 2.64. The highest BCUT2D eigenvalue weighted by Gasteiger charge is 2.48. The molecular weight excluding hydrogens is 180 g/mol. The van der Waals surface area contributed by atoms with E-state index in [0.717, 1.165) is 17.7 Å². The minimum atomic E-state index is -0.728. The molecule has 0 aliphatic carbocycles. The second-order valence-electron chi connectivity index (χ2n) is 4.08. The highest BCUT2D eigenvalue weighted by Crippen LogP contribution is 2.26. The summed E-state index contributed by atoms with van der Waals surface area (Å²) in [5.74, 6) is -0.224. The summed E-state index contributed by atoms with van der Waals surface area (Å²) in [6, 6.07) is -0.284. The van der Waals surface area contributed by atoms with Gasteiger partial charge in [0.2, 0.25) is 0 Å². The molecule has 1 heterocycles. The van der Waals surface area contributed by atoms with Crippen molar-refractivity contribution in [3.63, 3.8) is 0 Å². The minimum Gasteiger partial charge on any atom is -0.310 e. The van der Waals surface area contributed by atoms with Crippen LogP contribution in [0.2, 0.25) is 0 Å². The largest absolute Gasteiger partial charge is 0.327 e. The fourth-order valence-corrected chi connectivity index (χ4v) is 1.61. The maximum Gasteiger partial charge on any atom is 0.327 e. The normalized spacial score (nSPS) is 20.9. The van der Waals surface area contributed by atoms with Crippen LogP contribution in [0.3, 0.4) is 0 Å². The molecule has 0 atom stereocenters. The van der Waals surface area contributed by atoms with E-state index in [1.807, 2.05) is 0 Å². The van der Waals surface area contributed by atoms with Crippen molar-refractivity contribution in [2.24, 2.45) is 0 Å². The molecule has 1 aliphatic rings. The third kappa shape index (κ3) is 1.49. The maximum atomic E-state index is 11.6. The van der Waals surface area contributed by atoms with Crippen LogP contribution in [0.15, 0.2) is 0 Å². The highest BCUT2D eigenvalue weighted by molar-refractivity contribution is 6.06. The molecule has 1 saturated heterocycles. The molecule has 1 rings (SSSR count). The Bertz CT molecular complexity index is 261. The average molecular weight is 197 g/mol. The number of hydrogen-bond donors (Lipinski definition) is 0. The van der Waals surface area contributed by atoms with Gasteiger partial charge in [-0.15, -0.1) is 0 Å². The van der Waals surface area contributed by atoms with Crippen molar-refractivity contribution in [1.29, 1.82) is 0 Å². The molecule has 0 unspecified atom stereocenters. The summed E-state index contributed by atoms with van der Waals surface area (Å²) in [6.45, 7) is 6.19. The quantitative estimate of drug-likeness (QED) is 0.645. The lowest BCUT2D eigenvalue weighted by molar-refractivity contribution is -0.130. The zero-order valence-electron chi connectivity index (χ0n) is 9.04. The maximum absolute atomic E-state index is 11.6. The minimum absolute atomic E-state index is 0.224. The van der Waals surface area contributed by atoms with E-state index < -0.39 is 5.54 Å². The number of amides is 3. The smallest absolute Gasteiger partial charge is 0.310 e. The molecule has 0 aromatic rings. The van der Waals surface area contributed by atoms with Crippen LogP contribution in [-0.4, -0.2) is 33.8 Å². The first-order valence-electron chi connectivity index (χ1n) is 4.89. The summed E-state index contributed by atoms with van der Waals surface area (Å²) in [5, 5.41) is 0. The number of carbonyl (C=O) groups excluding carboxylic acids is 2. The Labute approximate surface area is 84.9 Å². The Hall–Kier alpha value is -1.06. The Balaban J connectivity index is 2.83. The summed E-state index contributed by atoms with van der Waals surface area (Å²) in [6.07, 6.45) is 1.92. The van der Waals surface area contributed by atoms with E-state index in [1.165, 1.54) is 0 Å². The zero-order valence-corrected chi connectivity index (χ0v) is 9.04. The summed E-state index contributed by atoms with van der Waals surface area (Å²) in [7, 11) is 3.45. The second kappa shape index (κ2) is 3.59. The molecule has 0 N–H and O–H groups in total. The van der Waals surface area contributed by atoms with Crippen LogP contribution in [0, 0.1) is 7.05 Å². The van der Waals surface area contributed by atoms with Gasteiger partial charge in [-0.1, -0.05) is 13.3 Å². The number of nitrogens with zero attached hydrogens (tertiary/aromatic N) is 2. The standard InChI is InChI=1S/C10H17N2O2/c1-5-6-7-12-9(14)11(4)8(13)10(12,2)3/h4-7H2,1-3H3. The Kier molecular flexibility index (Phi) is 2.83. The van der Waals surface area contributed by atoms with E-state index >= 15 is 0 Å². The molecule has 1 radical (unpaired) electrons. The van der Waals surface area contributed by atoms with Crippen LogP contribution in [0.25, 0.3) is 0 Å². The molecule has 79 valence electrons. The van der Waals surface area contributed by atoms with E-state index in [9.17, 15) is 9.59 Å². The number of imide groups is 1. The molecule has 14 heavy (non-hydrogen) atoms. The van der Waals surface area contributed by atoms with Crippen molar-refractivity contribution in [1.82, 2.24) is 9.80 Å². The molecule has 0 spiro atoms. The van der Waals surface area contributed by atoms with E-state index in [4.69, 9.17) is 0 Å². The number of carbonyl (C=O) groups is 2. The van der Waals surface area contributed by atoms with Gasteiger partial charge in [0.05, 0.1) is 0 Å². The van der Waals surface area contributed by atoms with Gasteiger partial charge in [0.15, 0.2) is 0 Å². The van der Waals surface area contributed by atoms with Crippen LogP contribution in [0.1, 0.15) is 33.6 Å². The van der Waals surface area contributed by atoms with Crippen LogP contribution >= 0.6 is 0 Å². The Morgan fingerprint density at radius 1 is 1.36 bits per heavy atom. The molecule has 0 bridgehead atoms. The van der Waals surface area contributed by atoms with Gasteiger partial charge in [-0.2, -0.15) is 0 Å².